The van der Waals surface area contributed by atoms with Gasteiger partial charge in [0.25, 0.3) is 5.91 Å². The molecule has 0 radical (unpaired) electrons. The normalized spacial score (nSPS) is 19.9. The number of hydrogen-bond donors (Lipinski definition) is 2. The van der Waals surface area contributed by atoms with E-state index in [1.807, 2.05) is 4.90 Å². The number of pyridine rings is 1. The van der Waals surface area contributed by atoms with Crippen molar-refractivity contribution in [3.63, 3.8) is 0 Å². The SMILES string of the molecule is CCC1CN(c2ncc(NS(C)(=O)=O)cc2Cl)CCN1C1CCN(C(=O)c2ccc(Cl)cc2N)CC1. The largest absolute Gasteiger partial charge is 0.398 e. The van der Waals surface area contributed by atoms with E-state index in [2.05, 4.69) is 26.4 Å². The number of nitrogens with two attached hydrogens (primary N) is 1. The number of halogens is 2. The molecule has 1 atom stereocenters. The number of nitrogens with zero attached hydrogens (tertiary/aromatic N) is 4. The third-order valence-electron chi connectivity index (χ3n) is 6.89. The minimum atomic E-state index is -3.40. The van der Waals surface area contributed by atoms with Crippen LogP contribution < -0.4 is 15.4 Å². The van der Waals surface area contributed by atoms with Gasteiger partial charge in [-0.05, 0) is 43.5 Å². The van der Waals surface area contributed by atoms with Gasteiger partial charge in [0.2, 0.25) is 10.0 Å². The molecule has 0 saturated carbocycles. The summed E-state index contributed by atoms with van der Waals surface area (Å²) in [5.41, 5.74) is 7.28. The number of carbonyl (C=O) groups excluding carboxylic acids is 1. The van der Waals surface area contributed by atoms with Crippen molar-refractivity contribution in [1.82, 2.24) is 14.8 Å². The Labute approximate surface area is 222 Å². The van der Waals surface area contributed by atoms with Gasteiger partial charge in [-0.3, -0.25) is 14.4 Å². The van der Waals surface area contributed by atoms with Crippen LogP contribution in [0.1, 0.15) is 36.5 Å². The van der Waals surface area contributed by atoms with E-state index in [4.69, 9.17) is 28.9 Å². The lowest BCUT2D eigenvalue weighted by Crippen LogP contribution is -2.58. The molecule has 2 aromatic rings. The minimum absolute atomic E-state index is 0.0472. The fraction of sp³-hybridized carbons (Fsp3) is 0.500. The topological polar surface area (TPSA) is 112 Å². The fourth-order valence-electron chi connectivity index (χ4n) is 5.14. The van der Waals surface area contributed by atoms with Gasteiger partial charge in [0, 0.05) is 55.5 Å². The second kappa shape index (κ2) is 11.0. The monoisotopic (exact) mass is 554 g/mol. The zero-order chi connectivity index (χ0) is 26.0. The molecule has 36 heavy (non-hydrogen) atoms. The van der Waals surface area contributed by atoms with Crippen LogP contribution in [0.25, 0.3) is 0 Å². The van der Waals surface area contributed by atoms with Gasteiger partial charge in [0.15, 0.2) is 0 Å². The molecule has 2 aliphatic heterocycles. The Morgan fingerprint density at radius 1 is 1.17 bits per heavy atom. The maximum Gasteiger partial charge on any atom is 0.255 e. The second-order valence-corrected chi connectivity index (χ2v) is 12.0. The second-order valence-electron chi connectivity index (χ2n) is 9.40. The van der Waals surface area contributed by atoms with Crippen LogP contribution >= 0.6 is 23.2 Å². The summed E-state index contributed by atoms with van der Waals surface area (Å²) in [6.45, 7) is 5.96. The number of nitrogens with one attached hydrogen (secondary N) is 1. The van der Waals surface area contributed by atoms with Crippen molar-refractivity contribution in [1.29, 1.82) is 0 Å². The zero-order valence-electron chi connectivity index (χ0n) is 20.5. The average Bonchev–Trinajstić information content (AvgIpc) is 2.82. The van der Waals surface area contributed by atoms with Crippen molar-refractivity contribution in [3.8, 4) is 0 Å². The standard InChI is InChI=1S/C24H32Cl2N6O3S/c1-3-18-15-31(23-21(26)13-17(14-28-23)29-36(2,34)35)10-11-32(18)19-6-8-30(9-7-19)24(33)20-5-4-16(25)12-22(20)27/h4-5,12-14,18-19,29H,3,6-11,15,27H2,1-2H3. The van der Waals surface area contributed by atoms with Gasteiger partial charge in [0.1, 0.15) is 5.82 Å². The lowest BCUT2D eigenvalue weighted by Gasteiger charge is -2.47. The highest BCUT2D eigenvalue weighted by atomic mass is 35.5. The molecule has 0 aliphatic carbocycles. The summed E-state index contributed by atoms with van der Waals surface area (Å²) >= 11 is 12.5. The van der Waals surface area contributed by atoms with E-state index >= 15 is 0 Å². The highest BCUT2D eigenvalue weighted by molar-refractivity contribution is 7.92. The molecule has 3 N–H and O–H groups in total. The molecule has 2 aliphatic rings. The maximum absolute atomic E-state index is 13.0. The van der Waals surface area contributed by atoms with E-state index in [0.29, 0.717) is 58.0 Å². The maximum atomic E-state index is 13.0. The Morgan fingerprint density at radius 2 is 1.89 bits per heavy atom. The summed E-state index contributed by atoms with van der Waals surface area (Å²) in [6.07, 6.45) is 5.37. The number of benzene rings is 1. The van der Waals surface area contributed by atoms with Gasteiger partial charge in [-0.15, -0.1) is 0 Å². The number of amides is 1. The van der Waals surface area contributed by atoms with Crippen molar-refractivity contribution in [2.24, 2.45) is 0 Å². The molecule has 12 heteroatoms. The van der Waals surface area contributed by atoms with E-state index in [1.165, 1.54) is 6.20 Å². The Hall–Kier alpha value is -2.27. The van der Waals surface area contributed by atoms with Crippen LogP contribution in [0.4, 0.5) is 17.2 Å². The van der Waals surface area contributed by atoms with Crippen LogP contribution in [-0.4, -0.2) is 80.2 Å². The van der Waals surface area contributed by atoms with Crippen LogP contribution in [0.2, 0.25) is 10.0 Å². The van der Waals surface area contributed by atoms with E-state index in [-0.39, 0.29) is 5.91 Å². The Balaban J connectivity index is 1.37. The van der Waals surface area contributed by atoms with Crippen LogP contribution in [0, 0.1) is 0 Å². The summed E-state index contributed by atoms with van der Waals surface area (Å²) in [7, 11) is -3.40. The predicted octanol–water partition coefficient (Wildman–Crippen LogP) is 3.55. The van der Waals surface area contributed by atoms with Crippen LogP contribution in [0.5, 0.6) is 0 Å². The Kier molecular flexibility index (Phi) is 8.18. The highest BCUT2D eigenvalue weighted by Gasteiger charge is 2.35. The number of anilines is 3. The smallest absolute Gasteiger partial charge is 0.255 e. The summed E-state index contributed by atoms with van der Waals surface area (Å²) in [5.74, 6) is 0.615. The molecule has 3 heterocycles. The van der Waals surface area contributed by atoms with Crippen LogP contribution in [0.15, 0.2) is 30.5 Å². The molecule has 1 aromatic heterocycles. The third-order valence-corrected chi connectivity index (χ3v) is 8.01. The van der Waals surface area contributed by atoms with Crippen molar-refractivity contribution in [3.05, 3.63) is 46.1 Å². The number of sulfonamides is 1. The molecule has 0 spiro atoms. The Morgan fingerprint density at radius 3 is 2.50 bits per heavy atom. The molecule has 2 fully saturated rings. The van der Waals surface area contributed by atoms with Crippen molar-refractivity contribution < 1.29 is 13.2 Å². The van der Waals surface area contributed by atoms with Crippen molar-refractivity contribution in [2.75, 3.05) is 54.3 Å². The van der Waals surface area contributed by atoms with E-state index < -0.39 is 10.0 Å². The number of piperazine rings is 1. The molecule has 1 amide bonds. The van der Waals surface area contributed by atoms with E-state index in [9.17, 15) is 13.2 Å². The van der Waals surface area contributed by atoms with E-state index in [0.717, 1.165) is 45.2 Å². The first-order chi connectivity index (χ1) is 17.1. The first-order valence-corrected chi connectivity index (χ1v) is 14.7. The summed E-state index contributed by atoms with van der Waals surface area (Å²) < 4.78 is 25.4. The quantitative estimate of drug-likeness (QED) is 0.525. The highest BCUT2D eigenvalue weighted by Crippen LogP contribution is 2.31. The third kappa shape index (κ3) is 6.16. The molecule has 196 valence electrons. The number of hydrogen-bond acceptors (Lipinski definition) is 7. The van der Waals surface area contributed by atoms with Gasteiger partial charge in [0.05, 0.1) is 28.7 Å². The average molecular weight is 556 g/mol. The molecular formula is C24H32Cl2N6O3S. The van der Waals surface area contributed by atoms with Crippen LogP contribution in [0.3, 0.4) is 0 Å². The number of likely N-dealkylation sites (tertiary alicyclic amines) is 1. The summed E-state index contributed by atoms with van der Waals surface area (Å²) in [5, 5.41) is 0.936. The zero-order valence-corrected chi connectivity index (χ0v) is 22.8. The van der Waals surface area contributed by atoms with E-state index in [1.54, 1.807) is 24.3 Å². The Bertz CT molecular complexity index is 1220. The minimum Gasteiger partial charge on any atom is -0.398 e. The van der Waals surface area contributed by atoms with Gasteiger partial charge >= 0.3 is 0 Å². The molecule has 2 saturated heterocycles. The first kappa shape index (κ1) is 26.8. The molecule has 1 aromatic carbocycles. The van der Waals surface area contributed by atoms with Crippen molar-refractivity contribution >= 4 is 56.3 Å². The van der Waals surface area contributed by atoms with Crippen LogP contribution in [-0.2, 0) is 10.0 Å². The number of rotatable bonds is 6. The molecule has 0 bridgehead atoms. The summed E-state index contributed by atoms with van der Waals surface area (Å²) in [4.78, 5) is 24.0. The lowest BCUT2D eigenvalue weighted by atomic mass is 9.97. The van der Waals surface area contributed by atoms with Gasteiger partial charge in [-0.25, -0.2) is 13.4 Å². The molecular weight excluding hydrogens is 523 g/mol. The fourth-order valence-corrected chi connectivity index (χ4v) is 6.14. The first-order valence-electron chi connectivity index (χ1n) is 12.0. The molecule has 1 unspecified atom stereocenters. The van der Waals surface area contributed by atoms with Gasteiger partial charge < -0.3 is 15.5 Å². The molecule has 4 rings (SSSR count). The number of carbonyl (C=O) groups is 1. The lowest BCUT2D eigenvalue weighted by molar-refractivity contribution is 0.0491. The number of aromatic nitrogens is 1. The number of piperidine rings is 1. The van der Waals surface area contributed by atoms with Crippen molar-refractivity contribution in [2.45, 2.75) is 38.3 Å². The molecule has 9 nitrogen and oxygen atoms in total. The van der Waals surface area contributed by atoms with Gasteiger partial charge in [-0.1, -0.05) is 30.1 Å². The predicted molar refractivity (Wildman–Crippen MR) is 146 cm³/mol. The summed E-state index contributed by atoms with van der Waals surface area (Å²) in [6, 6.07) is 7.32. The van der Waals surface area contributed by atoms with Gasteiger partial charge in [-0.2, -0.15) is 0 Å². The number of nitrogen functional groups attached to an aromatic ring is 1.